The van der Waals surface area contributed by atoms with Crippen molar-refractivity contribution in [1.82, 2.24) is 20.5 Å². The molecule has 0 unspecified atom stereocenters. The average Bonchev–Trinajstić information content (AvgIpc) is 3.27. The fraction of sp³-hybridized carbons (Fsp3) is 0.714. The fourth-order valence-corrected chi connectivity index (χ4v) is 1.99. The van der Waals surface area contributed by atoms with Crippen molar-refractivity contribution in [3.8, 4) is 0 Å². The Bertz CT molecular complexity index is 459. The van der Waals surface area contributed by atoms with Crippen molar-refractivity contribution >= 4 is 11.9 Å². The van der Waals surface area contributed by atoms with Crippen LogP contribution in [-0.4, -0.2) is 33.7 Å². The van der Waals surface area contributed by atoms with Crippen molar-refractivity contribution in [3.05, 3.63) is 11.4 Å². The monoisotopic (exact) mass is 277 g/mol. The maximum Gasteiger partial charge on any atom is 0.242 e. The summed E-state index contributed by atoms with van der Waals surface area (Å²) < 4.78 is 0. The van der Waals surface area contributed by atoms with Crippen LogP contribution in [-0.2, 0) is 17.6 Å². The maximum absolute atomic E-state index is 11.5. The van der Waals surface area contributed by atoms with Crippen LogP contribution in [0.4, 0.5) is 5.95 Å². The lowest BCUT2D eigenvalue weighted by Crippen LogP contribution is -2.25. The number of carbonyl (C=O) groups is 1. The lowest BCUT2D eigenvalue weighted by molar-refractivity contribution is -0.121. The highest BCUT2D eigenvalue weighted by atomic mass is 16.1. The summed E-state index contributed by atoms with van der Waals surface area (Å²) in [5.41, 5.74) is 1.96. The third kappa shape index (κ3) is 4.43. The Hall–Kier alpha value is -1.72. The molecule has 6 nitrogen and oxygen atoms in total. The van der Waals surface area contributed by atoms with E-state index in [-0.39, 0.29) is 5.91 Å². The second-order valence-electron chi connectivity index (χ2n) is 5.11. The zero-order chi connectivity index (χ0) is 14.4. The number of hydrogen-bond donors (Lipinski definition) is 2. The zero-order valence-electron chi connectivity index (χ0n) is 12.3. The van der Waals surface area contributed by atoms with E-state index in [9.17, 15) is 4.79 Å². The quantitative estimate of drug-likeness (QED) is 0.703. The second kappa shape index (κ2) is 7.17. The number of amides is 1. The van der Waals surface area contributed by atoms with E-state index < -0.39 is 0 Å². The fourth-order valence-electron chi connectivity index (χ4n) is 1.99. The topological polar surface area (TPSA) is 79.8 Å². The first kappa shape index (κ1) is 14.7. The van der Waals surface area contributed by atoms with Gasteiger partial charge in [0.2, 0.25) is 11.9 Å². The lowest BCUT2D eigenvalue weighted by atomic mass is 10.2. The molecule has 2 rings (SSSR count). The Morgan fingerprint density at radius 1 is 1.20 bits per heavy atom. The Morgan fingerprint density at radius 2 is 1.95 bits per heavy atom. The van der Waals surface area contributed by atoms with Crippen LogP contribution in [0, 0.1) is 0 Å². The third-order valence-electron chi connectivity index (χ3n) is 3.32. The molecule has 1 aliphatic rings. The molecular weight excluding hydrogens is 254 g/mol. The van der Waals surface area contributed by atoms with Crippen LogP contribution in [0.15, 0.2) is 0 Å². The summed E-state index contributed by atoms with van der Waals surface area (Å²) in [5, 5.41) is 14.3. The molecule has 1 aliphatic carbocycles. The summed E-state index contributed by atoms with van der Waals surface area (Å²) in [6.07, 6.45) is 5.30. The SMILES string of the molecule is CCc1nnc(NCCCC(=O)NC2CC2)nc1CC. The summed E-state index contributed by atoms with van der Waals surface area (Å²) >= 11 is 0. The van der Waals surface area contributed by atoms with Gasteiger partial charge in [-0.05, 0) is 32.1 Å². The zero-order valence-corrected chi connectivity index (χ0v) is 12.3. The van der Waals surface area contributed by atoms with Gasteiger partial charge in [0.05, 0.1) is 11.4 Å². The molecule has 1 saturated carbocycles. The predicted octanol–water partition coefficient (Wildman–Crippen LogP) is 1.47. The molecule has 0 aromatic carbocycles. The first-order valence-corrected chi connectivity index (χ1v) is 7.48. The largest absolute Gasteiger partial charge is 0.353 e. The van der Waals surface area contributed by atoms with Gasteiger partial charge in [-0.25, -0.2) is 4.98 Å². The summed E-state index contributed by atoms with van der Waals surface area (Å²) in [7, 11) is 0. The van der Waals surface area contributed by atoms with E-state index in [2.05, 4.69) is 39.7 Å². The smallest absolute Gasteiger partial charge is 0.242 e. The summed E-state index contributed by atoms with van der Waals surface area (Å²) in [5.74, 6) is 0.700. The van der Waals surface area contributed by atoms with Crippen molar-refractivity contribution in [3.63, 3.8) is 0 Å². The molecule has 0 saturated heterocycles. The number of nitrogens with zero attached hydrogens (tertiary/aromatic N) is 3. The van der Waals surface area contributed by atoms with Crippen LogP contribution in [0.1, 0.15) is 50.9 Å². The standard InChI is InChI=1S/C14H23N5O/c1-3-11-12(4-2)18-19-14(17-11)15-9-5-6-13(20)16-10-7-8-10/h10H,3-9H2,1-2H3,(H,16,20)(H,15,17,19). The molecule has 1 fully saturated rings. The molecule has 1 amide bonds. The number of rotatable bonds is 8. The molecular formula is C14H23N5O. The Balaban J connectivity index is 1.71. The van der Waals surface area contributed by atoms with Crippen LogP contribution in [0.3, 0.4) is 0 Å². The minimum Gasteiger partial charge on any atom is -0.353 e. The van der Waals surface area contributed by atoms with Gasteiger partial charge in [0.15, 0.2) is 0 Å². The van der Waals surface area contributed by atoms with Crippen molar-refractivity contribution in [1.29, 1.82) is 0 Å². The lowest BCUT2D eigenvalue weighted by Gasteiger charge is -2.08. The average molecular weight is 277 g/mol. The van der Waals surface area contributed by atoms with E-state index in [1.807, 2.05) is 0 Å². The molecule has 0 radical (unpaired) electrons. The number of hydrogen-bond acceptors (Lipinski definition) is 5. The molecule has 0 atom stereocenters. The second-order valence-corrected chi connectivity index (χ2v) is 5.11. The van der Waals surface area contributed by atoms with Gasteiger partial charge < -0.3 is 10.6 Å². The van der Waals surface area contributed by atoms with Crippen molar-refractivity contribution in [2.45, 2.75) is 58.4 Å². The first-order valence-electron chi connectivity index (χ1n) is 7.48. The molecule has 20 heavy (non-hydrogen) atoms. The number of anilines is 1. The van der Waals surface area contributed by atoms with E-state index in [1.165, 1.54) is 0 Å². The van der Waals surface area contributed by atoms with E-state index >= 15 is 0 Å². The highest BCUT2D eigenvalue weighted by Gasteiger charge is 2.22. The minimum atomic E-state index is 0.143. The molecule has 1 aromatic rings. The predicted molar refractivity (Wildman–Crippen MR) is 77.5 cm³/mol. The third-order valence-corrected chi connectivity index (χ3v) is 3.32. The van der Waals surface area contributed by atoms with Crippen LogP contribution in [0.5, 0.6) is 0 Å². The first-order chi connectivity index (χ1) is 9.72. The van der Waals surface area contributed by atoms with Crippen molar-refractivity contribution in [2.75, 3.05) is 11.9 Å². The van der Waals surface area contributed by atoms with Gasteiger partial charge in [0.25, 0.3) is 0 Å². The Labute approximate surface area is 119 Å². The van der Waals surface area contributed by atoms with Gasteiger partial charge in [-0.15, -0.1) is 5.10 Å². The van der Waals surface area contributed by atoms with Crippen LogP contribution in [0.25, 0.3) is 0 Å². The summed E-state index contributed by atoms with van der Waals surface area (Å²) in [4.78, 5) is 16.0. The summed E-state index contributed by atoms with van der Waals surface area (Å²) in [6, 6.07) is 0.441. The normalized spacial score (nSPS) is 14.1. The van der Waals surface area contributed by atoms with Gasteiger partial charge in [-0.3, -0.25) is 4.79 Å². The molecule has 0 spiro atoms. The molecule has 1 aromatic heterocycles. The van der Waals surface area contributed by atoms with E-state index in [4.69, 9.17) is 0 Å². The molecule has 0 bridgehead atoms. The van der Waals surface area contributed by atoms with E-state index in [0.29, 0.717) is 25.0 Å². The molecule has 0 aliphatic heterocycles. The number of aryl methyl sites for hydroxylation is 2. The van der Waals surface area contributed by atoms with Crippen LogP contribution >= 0.6 is 0 Å². The number of carbonyl (C=O) groups excluding carboxylic acids is 1. The van der Waals surface area contributed by atoms with Crippen molar-refractivity contribution < 1.29 is 4.79 Å². The molecule has 6 heteroatoms. The van der Waals surface area contributed by atoms with Crippen LogP contribution in [0.2, 0.25) is 0 Å². The molecule has 110 valence electrons. The van der Waals surface area contributed by atoms with E-state index in [1.54, 1.807) is 0 Å². The molecule has 1 heterocycles. The van der Waals surface area contributed by atoms with Crippen LogP contribution < -0.4 is 10.6 Å². The molecule has 2 N–H and O–H groups in total. The Kier molecular flexibility index (Phi) is 5.26. The van der Waals surface area contributed by atoms with Gasteiger partial charge >= 0.3 is 0 Å². The number of nitrogens with one attached hydrogen (secondary N) is 2. The van der Waals surface area contributed by atoms with Crippen molar-refractivity contribution in [2.24, 2.45) is 0 Å². The number of aromatic nitrogens is 3. The Morgan fingerprint density at radius 3 is 2.60 bits per heavy atom. The maximum atomic E-state index is 11.5. The minimum absolute atomic E-state index is 0.143. The van der Waals surface area contributed by atoms with Gasteiger partial charge in [0, 0.05) is 19.0 Å². The van der Waals surface area contributed by atoms with Gasteiger partial charge in [-0.2, -0.15) is 5.10 Å². The van der Waals surface area contributed by atoms with Gasteiger partial charge in [0.1, 0.15) is 0 Å². The van der Waals surface area contributed by atoms with E-state index in [0.717, 1.165) is 43.5 Å². The highest BCUT2D eigenvalue weighted by molar-refractivity contribution is 5.76. The summed E-state index contributed by atoms with van der Waals surface area (Å²) in [6.45, 7) is 4.81. The highest BCUT2D eigenvalue weighted by Crippen LogP contribution is 2.18. The van der Waals surface area contributed by atoms with Gasteiger partial charge in [-0.1, -0.05) is 13.8 Å².